The van der Waals surface area contributed by atoms with Crippen molar-refractivity contribution in [3.8, 4) is 6.07 Å². The second-order valence-corrected chi connectivity index (χ2v) is 5.74. The molecule has 0 radical (unpaired) electrons. The van der Waals surface area contributed by atoms with Crippen LogP contribution in [-0.4, -0.2) is 43.5 Å². The molecule has 1 saturated heterocycles. The molecule has 13 heavy (non-hydrogen) atoms. The van der Waals surface area contributed by atoms with E-state index >= 15 is 0 Å². The van der Waals surface area contributed by atoms with Crippen molar-refractivity contribution in [2.45, 2.75) is 25.9 Å². The second-order valence-electron chi connectivity index (χ2n) is 3.51. The molecule has 1 aliphatic heterocycles. The van der Waals surface area contributed by atoms with Gasteiger partial charge in [0.2, 0.25) is 0 Å². The smallest absolute Gasteiger partial charge is 0.153 e. The molecule has 5 heteroatoms. The van der Waals surface area contributed by atoms with Gasteiger partial charge in [0.25, 0.3) is 0 Å². The summed E-state index contributed by atoms with van der Waals surface area (Å²) in [5, 5.41) is 8.69. The van der Waals surface area contributed by atoms with Crippen LogP contribution in [0, 0.1) is 11.3 Å². The lowest BCUT2D eigenvalue weighted by Crippen LogP contribution is -2.50. The van der Waals surface area contributed by atoms with E-state index in [0.717, 1.165) is 0 Å². The van der Waals surface area contributed by atoms with Crippen LogP contribution in [0.3, 0.4) is 0 Å². The van der Waals surface area contributed by atoms with Crippen molar-refractivity contribution in [2.75, 3.05) is 18.1 Å². The lowest BCUT2D eigenvalue weighted by molar-refractivity contribution is 0.201. The lowest BCUT2D eigenvalue weighted by Gasteiger charge is -2.34. The Balaban J connectivity index is 2.70. The molecule has 1 fully saturated rings. The standard InChI is InChI=1S/C8H14N2O2S/c1-7(5-9)10-3-4-13(11,12)6-8(10)2/h7-8H,3-4,6H2,1-2H3. The van der Waals surface area contributed by atoms with Gasteiger partial charge in [-0.2, -0.15) is 5.26 Å². The molecule has 0 aromatic heterocycles. The van der Waals surface area contributed by atoms with Crippen molar-refractivity contribution in [3.63, 3.8) is 0 Å². The molecule has 0 spiro atoms. The van der Waals surface area contributed by atoms with E-state index in [1.807, 2.05) is 11.8 Å². The molecule has 0 bridgehead atoms. The van der Waals surface area contributed by atoms with Crippen molar-refractivity contribution in [3.05, 3.63) is 0 Å². The van der Waals surface area contributed by atoms with E-state index in [-0.39, 0.29) is 23.6 Å². The molecule has 0 saturated carbocycles. The molecule has 0 amide bonds. The molecule has 0 aliphatic carbocycles. The topological polar surface area (TPSA) is 61.2 Å². The first-order chi connectivity index (χ1) is 5.96. The SMILES string of the molecule is CC(C#N)N1CCS(=O)(=O)CC1C. The zero-order chi connectivity index (χ0) is 10.1. The molecule has 0 N–H and O–H groups in total. The molecule has 4 nitrogen and oxygen atoms in total. The highest BCUT2D eigenvalue weighted by Crippen LogP contribution is 2.13. The molecular weight excluding hydrogens is 188 g/mol. The largest absolute Gasteiger partial charge is 0.284 e. The molecule has 2 unspecified atom stereocenters. The Labute approximate surface area is 79.1 Å². The first-order valence-corrected chi connectivity index (χ1v) is 6.14. The van der Waals surface area contributed by atoms with Crippen molar-refractivity contribution >= 4 is 9.84 Å². The Morgan fingerprint density at radius 2 is 2.23 bits per heavy atom. The maximum Gasteiger partial charge on any atom is 0.153 e. The van der Waals surface area contributed by atoms with Crippen LogP contribution in [-0.2, 0) is 9.84 Å². The van der Waals surface area contributed by atoms with Gasteiger partial charge in [0.15, 0.2) is 9.84 Å². The third-order valence-corrected chi connectivity index (χ3v) is 4.20. The number of nitriles is 1. The van der Waals surface area contributed by atoms with Crippen molar-refractivity contribution < 1.29 is 8.42 Å². The predicted molar refractivity (Wildman–Crippen MR) is 49.9 cm³/mol. The molecule has 74 valence electrons. The Kier molecular flexibility index (Phi) is 2.94. The van der Waals surface area contributed by atoms with Crippen molar-refractivity contribution in [1.82, 2.24) is 4.90 Å². The van der Waals surface area contributed by atoms with Crippen molar-refractivity contribution in [2.24, 2.45) is 0 Å². The van der Waals surface area contributed by atoms with Gasteiger partial charge in [0, 0.05) is 12.6 Å². The molecule has 2 atom stereocenters. The summed E-state index contributed by atoms with van der Waals surface area (Å²) >= 11 is 0. The van der Waals surface area contributed by atoms with E-state index < -0.39 is 9.84 Å². The maximum absolute atomic E-state index is 11.2. The summed E-state index contributed by atoms with van der Waals surface area (Å²) in [6.45, 7) is 4.14. The van der Waals surface area contributed by atoms with Crippen LogP contribution in [0.25, 0.3) is 0 Å². The summed E-state index contributed by atoms with van der Waals surface area (Å²) in [4.78, 5) is 1.93. The minimum atomic E-state index is -2.86. The van der Waals surface area contributed by atoms with E-state index in [2.05, 4.69) is 6.07 Å². The molecule has 0 aromatic rings. The van der Waals surface area contributed by atoms with Crippen LogP contribution in [0.2, 0.25) is 0 Å². The normalized spacial score (nSPS) is 30.7. The minimum absolute atomic E-state index is 0.0339. The summed E-state index contributed by atoms with van der Waals surface area (Å²) in [6, 6.07) is 1.90. The van der Waals surface area contributed by atoms with Crippen LogP contribution < -0.4 is 0 Å². The van der Waals surface area contributed by atoms with Gasteiger partial charge < -0.3 is 0 Å². The zero-order valence-electron chi connectivity index (χ0n) is 7.90. The molecular formula is C8H14N2O2S. The summed E-state index contributed by atoms with van der Waals surface area (Å²) < 4.78 is 22.4. The number of hydrogen-bond donors (Lipinski definition) is 0. The van der Waals surface area contributed by atoms with E-state index in [0.29, 0.717) is 6.54 Å². The van der Waals surface area contributed by atoms with Gasteiger partial charge in [-0.15, -0.1) is 0 Å². The maximum atomic E-state index is 11.2. The summed E-state index contributed by atoms with van der Waals surface area (Å²) in [5.74, 6) is 0.363. The number of hydrogen-bond acceptors (Lipinski definition) is 4. The first-order valence-electron chi connectivity index (χ1n) is 4.32. The highest BCUT2D eigenvalue weighted by Gasteiger charge is 2.30. The Bertz CT molecular complexity index is 318. The fraction of sp³-hybridized carbons (Fsp3) is 0.875. The minimum Gasteiger partial charge on any atom is -0.284 e. The van der Waals surface area contributed by atoms with E-state index in [1.54, 1.807) is 6.92 Å². The Hall–Kier alpha value is -0.600. The van der Waals surface area contributed by atoms with Gasteiger partial charge in [-0.05, 0) is 13.8 Å². The Morgan fingerprint density at radius 3 is 2.69 bits per heavy atom. The highest BCUT2D eigenvalue weighted by molar-refractivity contribution is 7.91. The predicted octanol–water partition coefficient (Wildman–Crippen LogP) is 0.0174. The molecule has 1 heterocycles. The van der Waals surface area contributed by atoms with Gasteiger partial charge >= 0.3 is 0 Å². The fourth-order valence-electron chi connectivity index (χ4n) is 1.66. The van der Waals surface area contributed by atoms with Gasteiger partial charge in [0.1, 0.15) is 0 Å². The molecule has 1 aliphatic rings. The second kappa shape index (κ2) is 3.64. The third-order valence-electron chi connectivity index (χ3n) is 2.41. The Morgan fingerprint density at radius 1 is 1.62 bits per heavy atom. The van der Waals surface area contributed by atoms with Crippen molar-refractivity contribution in [1.29, 1.82) is 5.26 Å². The molecule has 1 rings (SSSR count). The van der Waals surface area contributed by atoms with Crippen LogP contribution in [0.5, 0.6) is 0 Å². The van der Waals surface area contributed by atoms with E-state index in [9.17, 15) is 8.42 Å². The van der Waals surface area contributed by atoms with E-state index in [4.69, 9.17) is 5.26 Å². The zero-order valence-corrected chi connectivity index (χ0v) is 8.71. The van der Waals surface area contributed by atoms with Gasteiger partial charge in [-0.3, -0.25) is 4.90 Å². The van der Waals surface area contributed by atoms with Crippen LogP contribution in [0.4, 0.5) is 0 Å². The summed E-state index contributed by atoms with van der Waals surface area (Å²) in [6.07, 6.45) is 0. The monoisotopic (exact) mass is 202 g/mol. The van der Waals surface area contributed by atoms with Crippen LogP contribution >= 0.6 is 0 Å². The molecule has 0 aromatic carbocycles. The highest BCUT2D eigenvalue weighted by atomic mass is 32.2. The lowest BCUT2D eigenvalue weighted by atomic mass is 10.2. The number of nitrogens with zero attached hydrogens (tertiary/aromatic N) is 2. The van der Waals surface area contributed by atoms with E-state index in [1.165, 1.54) is 0 Å². The quantitative estimate of drug-likeness (QED) is 0.601. The fourth-order valence-corrected chi connectivity index (χ4v) is 3.24. The van der Waals surface area contributed by atoms with Gasteiger partial charge in [-0.1, -0.05) is 0 Å². The summed E-state index contributed by atoms with van der Waals surface area (Å²) in [5.41, 5.74) is 0. The average molecular weight is 202 g/mol. The first kappa shape index (κ1) is 10.5. The van der Waals surface area contributed by atoms with Crippen LogP contribution in [0.15, 0.2) is 0 Å². The van der Waals surface area contributed by atoms with Crippen LogP contribution in [0.1, 0.15) is 13.8 Å². The number of rotatable bonds is 1. The third kappa shape index (κ3) is 2.42. The number of sulfone groups is 1. The average Bonchev–Trinajstić information content (AvgIpc) is 2.01. The van der Waals surface area contributed by atoms with Gasteiger partial charge in [-0.25, -0.2) is 8.42 Å². The summed E-state index contributed by atoms with van der Waals surface area (Å²) in [7, 11) is -2.86. The van der Waals surface area contributed by atoms with Gasteiger partial charge in [0.05, 0.1) is 23.6 Å².